The number of rotatable bonds is 3. The molecule has 0 saturated carbocycles. The number of fused-ring (bicyclic) bond motifs is 1. The fraction of sp³-hybridized carbons (Fsp3) is 0.222. The highest BCUT2D eigenvalue weighted by Crippen LogP contribution is 2.20. The van der Waals surface area contributed by atoms with E-state index in [0.29, 0.717) is 6.61 Å². The Morgan fingerprint density at radius 2 is 1.62 bits per heavy atom. The molecule has 0 fully saturated rings. The molecular formula is C18H18N2O. The third-order valence-corrected chi connectivity index (χ3v) is 3.54. The van der Waals surface area contributed by atoms with Crippen molar-refractivity contribution in [1.29, 1.82) is 0 Å². The predicted molar refractivity (Wildman–Crippen MR) is 84.5 cm³/mol. The van der Waals surface area contributed by atoms with Gasteiger partial charge in [0.05, 0.1) is 22.4 Å². The van der Waals surface area contributed by atoms with Crippen molar-refractivity contribution < 1.29 is 4.74 Å². The first-order valence-corrected chi connectivity index (χ1v) is 7.06. The van der Waals surface area contributed by atoms with Crippen molar-refractivity contribution in [1.82, 2.24) is 9.97 Å². The lowest BCUT2D eigenvalue weighted by Gasteiger charge is -2.11. The summed E-state index contributed by atoms with van der Waals surface area (Å²) in [6.45, 7) is 6.55. The second kappa shape index (κ2) is 5.52. The van der Waals surface area contributed by atoms with Crippen LogP contribution in [0.4, 0.5) is 0 Å². The highest BCUT2D eigenvalue weighted by Gasteiger charge is 2.07. The number of aromatic nitrogens is 2. The molecule has 0 atom stereocenters. The lowest BCUT2D eigenvalue weighted by Crippen LogP contribution is -2.04. The summed E-state index contributed by atoms with van der Waals surface area (Å²) in [7, 11) is 0. The van der Waals surface area contributed by atoms with E-state index in [2.05, 4.69) is 35.9 Å². The van der Waals surface area contributed by atoms with Gasteiger partial charge in [0.25, 0.3) is 0 Å². The second-order valence-electron chi connectivity index (χ2n) is 5.30. The fourth-order valence-corrected chi connectivity index (χ4v) is 2.37. The number of benzene rings is 2. The summed E-state index contributed by atoms with van der Waals surface area (Å²) in [5.74, 6) is 0.898. The maximum absolute atomic E-state index is 5.91. The van der Waals surface area contributed by atoms with E-state index < -0.39 is 0 Å². The third-order valence-electron chi connectivity index (χ3n) is 3.54. The monoisotopic (exact) mass is 278 g/mol. The standard InChI is InChI=1S/C18H18N2O/c1-12-8-9-18(13(2)10-12)21-11-17-14(3)19-15-6-4-5-7-16(15)20-17/h4-10H,11H2,1-3H3. The van der Waals surface area contributed by atoms with Crippen LogP contribution in [-0.4, -0.2) is 9.97 Å². The quantitative estimate of drug-likeness (QED) is 0.722. The van der Waals surface area contributed by atoms with Crippen LogP contribution in [0.15, 0.2) is 42.5 Å². The lowest BCUT2D eigenvalue weighted by molar-refractivity contribution is 0.298. The molecule has 0 aliphatic carbocycles. The van der Waals surface area contributed by atoms with Crippen LogP contribution in [-0.2, 0) is 6.61 Å². The van der Waals surface area contributed by atoms with Crippen LogP contribution in [0.1, 0.15) is 22.5 Å². The first-order chi connectivity index (χ1) is 10.1. The van der Waals surface area contributed by atoms with Gasteiger partial charge in [-0.1, -0.05) is 29.8 Å². The normalized spacial score (nSPS) is 10.8. The summed E-state index contributed by atoms with van der Waals surface area (Å²) in [5, 5.41) is 0. The Bertz CT molecular complexity index is 796. The van der Waals surface area contributed by atoms with Crippen LogP contribution >= 0.6 is 0 Å². The van der Waals surface area contributed by atoms with Gasteiger partial charge in [-0.2, -0.15) is 0 Å². The van der Waals surface area contributed by atoms with Crippen LogP contribution < -0.4 is 4.74 Å². The second-order valence-corrected chi connectivity index (χ2v) is 5.30. The van der Waals surface area contributed by atoms with Gasteiger partial charge in [-0.05, 0) is 44.5 Å². The topological polar surface area (TPSA) is 35.0 Å². The number of hydrogen-bond donors (Lipinski definition) is 0. The van der Waals surface area contributed by atoms with Gasteiger partial charge in [0.2, 0.25) is 0 Å². The molecule has 3 heteroatoms. The van der Waals surface area contributed by atoms with Crippen LogP contribution in [0.5, 0.6) is 5.75 Å². The van der Waals surface area contributed by atoms with E-state index >= 15 is 0 Å². The third kappa shape index (κ3) is 2.87. The Kier molecular flexibility index (Phi) is 3.57. The minimum absolute atomic E-state index is 0.438. The molecule has 0 N–H and O–H groups in total. The van der Waals surface area contributed by atoms with Gasteiger partial charge in [0, 0.05) is 0 Å². The van der Waals surface area contributed by atoms with E-state index in [1.807, 2.05) is 37.3 Å². The van der Waals surface area contributed by atoms with Crippen molar-refractivity contribution in [3.05, 3.63) is 65.0 Å². The van der Waals surface area contributed by atoms with E-state index in [-0.39, 0.29) is 0 Å². The molecule has 0 saturated heterocycles. The van der Waals surface area contributed by atoms with E-state index in [1.54, 1.807) is 0 Å². The van der Waals surface area contributed by atoms with E-state index in [9.17, 15) is 0 Å². The zero-order valence-electron chi connectivity index (χ0n) is 12.6. The summed E-state index contributed by atoms with van der Waals surface area (Å²) in [6, 6.07) is 14.1. The maximum atomic E-state index is 5.91. The van der Waals surface area contributed by atoms with Crippen molar-refractivity contribution in [2.75, 3.05) is 0 Å². The molecule has 0 radical (unpaired) electrons. The molecule has 0 amide bonds. The lowest BCUT2D eigenvalue weighted by atomic mass is 10.1. The Morgan fingerprint density at radius 3 is 2.33 bits per heavy atom. The molecular weight excluding hydrogens is 260 g/mol. The largest absolute Gasteiger partial charge is 0.487 e. The highest BCUT2D eigenvalue weighted by atomic mass is 16.5. The van der Waals surface area contributed by atoms with Crippen molar-refractivity contribution in [2.45, 2.75) is 27.4 Å². The fourth-order valence-electron chi connectivity index (χ4n) is 2.37. The molecule has 0 unspecified atom stereocenters. The number of nitrogens with zero attached hydrogens (tertiary/aromatic N) is 2. The summed E-state index contributed by atoms with van der Waals surface area (Å²) in [6.07, 6.45) is 0. The Labute approximate surface area is 124 Å². The smallest absolute Gasteiger partial charge is 0.132 e. The maximum Gasteiger partial charge on any atom is 0.132 e. The Balaban J connectivity index is 1.86. The molecule has 3 nitrogen and oxygen atoms in total. The molecule has 3 rings (SSSR count). The number of hydrogen-bond acceptors (Lipinski definition) is 3. The minimum Gasteiger partial charge on any atom is -0.487 e. The van der Waals surface area contributed by atoms with Gasteiger partial charge in [-0.25, -0.2) is 9.97 Å². The molecule has 106 valence electrons. The molecule has 3 aromatic rings. The van der Waals surface area contributed by atoms with Gasteiger partial charge < -0.3 is 4.74 Å². The van der Waals surface area contributed by atoms with E-state index in [4.69, 9.17) is 4.74 Å². The van der Waals surface area contributed by atoms with E-state index in [0.717, 1.165) is 33.7 Å². The average Bonchev–Trinajstić information content (AvgIpc) is 2.46. The van der Waals surface area contributed by atoms with Crippen LogP contribution in [0.2, 0.25) is 0 Å². The molecule has 0 bridgehead atoms. The first-order valence-electron chi connectivity index (χ1n) is 7.06. The van der Waals surface area contributed by atoms with Crippen LogP contribution in [0, 0.1) is 20.8 Å². The van der Waals surface area contributed by atoms with Gasteiger partial charge in [-0.15, -0.1) is 0 Å². The zero-order chi connectivity index (χ0) is 14.8. The Morgan fingerprint density at radius 1 is 0.905 bits per heavy atom. The molecule has 21 heavy (non-hydrogen) atoms. The SMILES string of the molecule is Cc1ccc(OCc2nc3ccccc3nc2C)c(C)c1. The summed E-state index contributed by atoms with van der Waals surface area (Å²) in [4.78, 5) is 9.23. The number of aryl methyl sites for hydroxylation is 3. The van der Waals surface area contributed by atoms with E-state index in [1.165, 1.54) is 5.56 Å². The summed E-state index contributed by atoms with van der Waals surface area (Å²) < 4.78 is 5.91. The minimum atomic E-state index is 0.438. The van der Waals surface area contributed by atoms with Gasteiger partial charge in [-0.3, -0.25) is 0 Å². The molecule has 0 aliphatic rings. The zero-order valence-corrected chi connectivity index (χ0v) is 12.6. The van der Waals surface area contributed by atoms with Crippen molar-refractivity contribution in [2.24, 2.45) is 0 Å². The average molecular weight is 278 g/mol. The van der Waals surface area contributed by atoms with Gasteiger partial charge in [0.1, 0.15) is 12.4 Å². The van der Waals surface area contributed by atoms with Gasteiger partial charge in [0.15, 0.2) is 0 Å². The molecule has 0 aliphatic heterocycles. The Hall–Kier alpha value is -2.42. The number of ether oxygens (including phenoxy) is 1. The molecule has 2 aromatic carbocycles. The molecule has 1 heterocycles. The van der Waals surface area contributed by atoms with Crippen molar-refractivity contribution in [3.8, 4) is 5.75 Å². The highest BCUT2D eigenvalue weighted by molar-refractivity contribution is 5.74. The van der Waals surface area contributed by atoms with Crippen LogP contribution in [0.25, 0.3) is 11.0 Å². The molecule has 0 spiro atoms. The molecule has 1 aromatic heterocycles. The van der Waals surface area contributed by atoms with Crippen LogP contribution in [0.3, 0.4) is 0 Å². The summed E-state index contributed by atoms with van der Waals surface area (Å²) >= 11 is 0. The van der Waals surface area contributed by atoms with Crippen molar-refractivity contribution in [3.63, 3.8) is 0 Å². The first kappa shape index (κ1) is 13.6. The van der Waals surface area contributed by atoms with Gasteiger partial charge >= 0.3 is 0 Å². The summed E-state index contributed by atoms with van der Waals surface area (Å²) in [5.41, 5.74) is 6.00. The predicted octanol–water partition coefficient (Wildman–Crippen LogP) is 4.13. The number of para-hydroxylation sites is 2. The van der Waals surface area contributed by atoms with Crippen molar-refractivity contribution >= 4 is 11.0 Å².